The number of nitrogens with one attached hydrogen (secondary N) is 2. The van der Waals surface area contributed by atoms with Crippen LogP contribution in [0.1, 0.15) is 49.3 Å². The molecule has 1 unspecified atom stereocenters. The second-order valence-corrected chi connectivity index (χ2v) is 4.37. The number of hydrogen-bond acceptors (Lipinski definition) is 3. The Hall–Kier alpha value is -1.16. The minimum atomic E-state index is 0.0253. The largest absolute Gasteiger partial charge is 0.309 e. The molecule has 0 spiro atoms. The lowest BCUT2D eigenvalue weighted by molar-refractivity contribution is 0.395. The maximum atomic E-state index is 11.8. The van der Waals surface area contributed by atoms with Crippen LogP contribution >= 0.6 is 0 Å². The Kier molecular flexibility index (Phi) is 3.39. The molecule has 1 fully saturated rings. The van der Waals surface area contributed by atoms with Crippen molar-refractivity contribution in [3.8, 4) is 0 Å². The lowest BCUT2D eigenvalue weighted by Crippen LogP contribution is -2.31. The van der Waals surface area contributed by atoms with Crippen LogP contribution in [-0.2, 0) is 6.42 Å². The quantitative estimate of drug-likeness (QED) is 0.794. The Morgan fingerprint density at radius 3 is 2.81 bits per heavy atom. The monoisotopic (exact) mass is 221 g/mol. The Morgan fingerprint density at radius 2 is 2.25 bits per heavy atom. The first kappa shape index (κ1) is 11.3. The van der Waals surface area contributed by atoms with Gasteiger partial charge >= 0.3 is 0 Å². The summed E-state index contributed by atoms with van der Waals surface area (Å²) in [5, 5.41) is 3.39. The Morgan fingerprint density at radius 1 is 1.44 bits per heavy atom. The molecule has 1 aliphatic heterocycles. The average molecular weight is 221 g/mol. The van der Waals surface area contributed by atoms with Gasteiger partial charge in [0.05, 0.1) is 6.04 Å². The minimum Gasteiger partial charge on any atom is -0.309 e. The molecule has 0 saturated carbocycles. The summed E-state index contributed by atoms with van der Waals surface area (Å²) in [6.45, 7) is 4.92. The summed E-state index contributed by atoms with van der Waals surface area (Å²) in [4.78, 5) is 19.2. The Bertz CT molecular complexity index is 419. The number of aromatic nitrogens is 2. The van der Waals surface area contributed by atoms with E-state index in [1.165, 1.54) is 12.8 Å². The summed E-state index contributed by atoms with van der Waals surface area (Å²) in [6.07, 6.45) is 4.23. The highest BCUT2D eigenvalue weighted by molar-refractivity contribution is 5.17. The first-order valence-corrected chi connectivity index (χ1v) is 6.05. The molecule has 0 amide bonds. The van der Waals surface area contributed by atoms with Gasteiger partial charge in [0.25, 0.3) is 5.56 Å². The van der Waals surface area contributed by atoms with E-state index in [9.17, 15) is 4.79 Å². The molecule has 0 aromatic carbocycles. The molecular formula is C12H19N3O. The van der Waals surface area contributed by atoms with Gasteiger partial charge in [0.15, 0.2) is 0 Å². The molecule has 0 bridgehead atoms. The van der Waals surface area contributed by atoms with Crippen molar-refractivity contribution < 1.29 is 0 Å². The lowest BCUT2D eigenvalue weighted by atomic mass is 10.0. The molecule has 2 rings (SSSR count). The second-order valence-electron chi connectivity index (χ2n) is 4.37. The number of H-pyrrole nitrogens is 1. The molecule has 4 nitrogen and oxygen atoms in total. The van der Waals surface area contributed by atoms with Crippen LogP contribution in [0.15, 0.2) is 4.79 Å². The maximum absolute atomic E-state index is 11.8. The summed E-state index contributed by atoms with van der Waals surface area (Å²) in [5.41, 5.74) is 1.70. The summed E-state index contributed by atoms with van der Waals surface area (Å²) in [5.74, 6) is 0.805. The third-order valence-corrected chi connectivity index (χ3v) is 3.23. The van der Waals surface area contributed by atoms with Crippen molar-refractivity contribution in [1.29, 1.82) is 0 Å². The molecular weight excluding hydrogens is 202 g/mol. The molecule has 1 saturated heterocycles. The summed E-state index contributed by atoms with van der Waals surface area (Å²) < 4.78 is 0. The number of aryl methyl sites for hydroxylation is 1. The van der Waals surface area contributed by atoms with Gasteiger partial charge in [-0.25, -0.2) is 4.98 Å². The van der Waals surface area contributed by atoms with Gasteiger partial charge in [-0.15, -0.1) is 0 Å². The zero-order valence-corrected chi connectivity index (χ0v) is 9.97. The summed E-state index contributed by atoms with van der Waals surface area (Å²) >= 11 is 0. The number of aromatic amines is 1. The number of nitrogens with zero attached hydrogens (tertiary/aromatic N) is 1. The summed E-state index contributed by atoms with van der Waals surface area (Å²) in [7, 11) is 0. The van der Waals surface area contributed by atoms with E-state index in [0.29, 0.717) is 0 Å². The average Bonchev–Trinajstić information content (AvgIpc) is 2.30. The van der Waals surface area contributed by atoms with Crippen molar-refractivity contribution in [2.24, 2.45) is 0 Å². The third-order valence-electron chi connectivity index (χ3n) is 3.23. The van der Waals surface area contributed by atoms with Gasteiger partial charge in [-0.3, -0.25) is 4.79 Å². The predicted octanol–water partition coefficient (Wildman–Crippen LogP) is 1.46. The zero-order valence-electron chi connectivity index (χ0n) is 9.97. The van der Waals surface area contributed by atoms with Gasteiger partial charge in [-0.1, -0.05) is 13.3 Å². The second kappa shape index (κ2) is 4.78. The molecule has 1 aromatic heterocycles. The van der Waals surface area contributed by atoms with Crippen LogP contribution < -0.4 is 10.9 Å². The highest BCUT2D eigenvalue weighted by Gasteiger charge is 2.18. The smallest absolute Gasteiger partial charge is 0.254 e. The summed E-state index contributed by atoms with van der Waals surface area (Å²) in [6, 6.07) is 0.228. The molecule has 16 heavy (non-hydrogen) atoms. The fraction of sp³-hybridized carbons (Fsp3) is 0.667. The van der Waals surface area contributed by atoms with E-state index in [0.717, 1.165) is 36.5 Å². The fourth-order valence-corrected chi connectivity index (χ4v) is 2.30. The molecule has 4 heteroatoms. The van der Waals surface area contributed by atoms with E-state index in [-0.39, 0.29) is 11.6 Å². The molecule has 1 aliphatic rings. The van der Waals surface area contributed by atoms with Gasteiger partial charge in [0.1, 0.15) is 5.82 Å². The van der Waals surface area contributed by atoms with Crippen LogP contribution in [-0.4, -0.2) is 16.5 Å². The van der Waals surface area contributed by atoms with E-state index in [1.54, 1.807) is 0 Å². The zero-order chi connectivity index (χ0) is 11.5. The van der Waals surface area contributed by atoms with E-state index in [1.807, 2.05) is 13.8 Å². The van der Waals surface area contributed by atoms with Crippen molar-refractivity contribution in [3.05, 3.63) is 27.4 Å². The third kappa shape index (κ3) is 2.16. The van der Waals surface area contributed by atoms with Crippen LogP contribution in [0.25, 0.3) is 0 Å². The van der Waals surface area contributed by atoms with Crippen LogP contribution in [0.3, 0.4) is 0 Å². The number of piperidine rings is 1. The minimum absolute atomic E-state index is 0.0253. The van der Waals surface area contributed by atoms with Gasteiger partial charge < -0.3 is 10.3 Å². The van der Waals surface area contributed by atoms with Crippen molar-refractivity contribution in [3.63, 3.8) is 0 Å². The van der Waals surface area contributed by atoms with Crippen LogP contribution in [0.4, 0.5) is 0 Å². The van der Waals surface area contributed by atoms with Gasteiger partial charge in [0, 0.05) is 11.3 Å². The molecule has 1 aromatic rings. The standard InChI is InChI=1S/C12H19N3O/c1-3-9-8(2)14-11(15-12(9)16)10-6-4-5-7-13-10/h10,13H,3-7H2,1-2H3,(H,14,15,16). The first-order chi connectivity index (χ1) is 7.72. The van der Waals surface area contributed by atoms with Crippen LogP contribution in [0, 0.1) is 6.92 Å². The predicted molar refractivity (Wildman–Crippen MR) is 63.6 cm³/mol. The molecule has 2 heterocycles. The van der Waals surface area contributed by atoms with Crippen LogP contribution in [0.2, 0.25) is 0 Å². The van der Waals surface area contributed by atoms with Gasteiger partial charge in [-0.05, 0) is 32.7 Å². The lowest BCUT2D eigenvalue weighted by Gasteiger charge is -2.22. The molecule has 0 aliphatic carbocycles. The first-order valence-electron chi connectivity index (χ1n) is 6.05. The van der Waals surface area contributed by atoms with E-state index < -0.39 is 0 Å². The molecule has 0 radical (unpaired) electrons. The normalized spacial score (nSPS) is 21.0. The van der Waals surface area contributed by atoms with Gasteiger partial charge in [0.2, 0.25) is 0 Å². The van der Waals surface area contributed by atoms with Crippen LogP contribution in [0.5, 0.6) is 0 Å². The van der Waals surface area contributed by atoms with Crippen molar-refractivity contribution in [2.75, 3.05) is 6.54 Å². The number of hydrogen-bond donors (Lipinski definition) is 2. The highest BCUT2D eigenvalue weighted by Crippen LogP contribution is 2.19. The molecule has 2 N–H and O–H groups in total. The fourth-order valence-electron chi connectivity index (χ4n) is 2.30. The Balaban J connectivity index is 2.31. The van der Waals surface area contributed by atoms with E-state index >= 15 is 0 Å². The highest BCUT2D eigenvalue weighted by atomic mass is 16.1. The van der Waals surface area contributed by atoms with Crippen molar-refractivity contribution >= 4 is 0 Å². The van der Waals surface area contributed by atoms with E-state index in [4.69, 9.17) is 0 Å². The topological polar surface area (TPSA) is 57.8 Å². The number of rotatable bonds is 2. The van der Waals surface area contributed by atoms with Crippen molar-refractivity contribution in [1.82, 2.24) is 15.3 Å². The van der Waals surface area contributed by atoms with Gasteiger partial charge in [-0.2, -0.15) is 0 Å². The molecule has 1 atom stereocenters. The SMILES string of the molecule is CCc1c(C)nc(C2CCCCN2)[nH]c1=O. The maximum Gasteiger partial charge on any atom is 0.254 e. The Labute approximate surface area is 95.5 Å². The van der Waals surface area contributed by atoms with E-state index in [2.05, 4.69) is 15.3 Å². The molecule has 88 valence electrons. The van der Waals surface area contributed by atoms with Crippen molar-refractivity contribution in [2.45, 2.75) is 45.6 Å².